The van der Waals surface area contributed by atoms with Gasteiger partial charge in [-0.15, -0.1) is 0 Å². The lowest BCUT2D eigenvalue weighted by Gasteiger charge is -2.32. The van der Waals surface area contributed by atoms with Crippen LogP contribution in [-0.2, 0) is 9.31 Å². The average Bonchev–Trinajstić information content (AvgIpc) is 2.82. The van der Waals surface area contributed by atoms with Crippen molar-refractivity contribution in [2.24, 2.45) is 0 Å². The summed E-state index contributed by atoms with van der Waals surface area (Å²) >= 11 is 0. The third-order valence-electron chi connectivity index (χ3n) is 5.73. The van der Waals surface area contributed by atoms with Gasteiger partial charge in [-0.05, 0) is 63.7 Å². The quantitative estimate of drug-likeness (QED) is 0.595. The van der Waals surface area contributed by atoms with Gasteiger partial charge >= 0.3 is 7.12 Å². The van der Waals surface area contributed by atoms with Crippen LogP contribution in [0.5, 0.6) is 0 Å². The van der Waals surface area contributed by atoms with E-state index in [-0.39, 0.29) is 18.9 Å². The standard InChI is InChI=1S/C23H28BFO2/c1-17(18-11-7-6-8-12-18)15-19(20-13-9-10-14-21(20)25)16-24-26-22(2,3)23(4,5)27-24/h6-15,19H,16H2,1-5H3/b17-15+. The predicted molar refractivity (Wildman–Crippen MR) is 110 cm³/mol. The number of rotatable bonds is 5. The molecule has 1 atom stereocenters. The second-order valence-corrected chi connectivity index (χ2v) is 8.27. The van der Waals surface area contributed by atoms with E-state index in [0.717, 1.165) is 11.1 Å². The molecule has 2 nitrogen and oxygen atoms in total. The van der Waals surface area contributed by atoms with Gasteiger partial charge < -0.3 is 9.31 Å². The molecule has 1 heterocycles. The molecule has 0 saturated carbocycles. The minimum atomic E-state index is -0.393. The maximum Gasteiger partial charge on any atom is 0.458 e. The zero-order valence-electron chi connectivity index (χ0n) is 16.8. The molecule has 2 aromatic carbocycles. The highest BCUT2D eigenvalue weighted by Gasteiger charge is 2.51. The molecule has 1 fully saturated rings. The van der Waals surface area contributed by atoms with E-state index in [9.17, 15) is 4.39 Å². The van der Waals surface area contributed by atoms with Crippen molar-refractivity contribution in [3.05, 3.63) is 77.6 Å². The van der Waals surface area contributed by atoms with Gasteiger partial charge in [0.15, 0.2) is 0 Å². The van der Waals surface area contributed by atoms with Gasteiger partial charge in [0, 0.05) is 5.92 Å². The van der Waals surface area contributed by atoms with Crippen molar-refractivity contribution in [3.8, 4) is 0 Å². The highest BCUT2D eigenvalue weighted by molar-refractivity contribution is 6.45. The number of hydrogen-bond donors (Lipinski definition) is 0. The summed E-state index contributed by atoms with van der Waals surface area (Å²) in [7, 11) is -0.376. The first kappa shape index (κ1) is 19.8. The van der Waals surface area contributed by atoms with Crippen LogP contribution in [-0.4, -0.2) is 18.3 Å². The number of halogens is 1. The third-order valence-corrected chi connectivity index (χ3v) is 5.73. The highest BCUT2D eigenvalue weighted by atomic mass is 19.1. The lowest BCUT2D eigenvalue weighted by atomic mass is 9.74. The Hall–Kier alpha value is -1.91. The molecule has 0 N–H and O–H groups in total. The molecule has 1 unspecified atom stereocenters. The van der Waals surface area contributed by atoms with E-state index in [0.29, 0.717) is 11.9 Å². The molecular formula is C23H28BFO2. The SMILES string of the molecule is C/C(=C\C(CB1OC(C)(C)C(C)(C)O1)c1ccccc1F)c1ccccc1. The van der Waals surface area contributed by atoms with E-state index in [1.807, 2.05) is 58.0 Å². The Kier molecular flexibility index (Phi) is 5.59. The smallest absolute Gasteiger partial charge is 0.403 e. The fourth-order valence-electron chi connectivity index (χ4n) is 3.43. The van der Waals surface area contributed by atoms with Crippen molar-refractivity contribution in [2.75, 3.05) is 0 Å². The van der Waals surface area contributed by atoms with Crippen LogP contribution in [0.25, 0.3) is 5.57 Å². The molecule has 0 radical (unpaired) electrons. The Balaban J connectivity index is 1.91. The maximum atomic E-state index is 14.6. The molecule has 0 aromatic heterocycles. The number of benzene rings is 2. The van der Waals surface area contributed by atoms with Crippen LogP contribution < -0.4 is 0 Å². The summed E-state index contributed by atoms with van der Waals surface area (Å²) < 4.78 is 26.9. The number of hydrogen-bond acceptors (Lipinski definition) is 2. The van der Waals surface area contributed by atoms with E-state index in [1.165, 1.54) is 6.07 Å². The Morgan fingerprint density at radius 2 is 1.52 bits per heavy atom. The molecule has 1 aliphatic heterocycles. The second-order valence-electron chi connectivity index (χ2n) is 8.27. The van der Waals surface area contributed by atoms with Crippen molar-refractivity contribution < 1.29 is 13.7 Å². The van der Waals surface area contributed by atoms with Crippen LogP contribution in [0.1, 0.15) is 51.7 Å². The predicted octanol–water partition coefficient (Wildman–Crippen LogP) is 6.11. The monoisotopic (exact) mass is 366 g/mol. The summed E-state index contributed by atoms with van der Waals surface area (Å²) in [5.74, 6) is -0.336. The molecule has 0 amide bonds. The normalized spacial score (nSPS) is 19.9. The van der Waals surface area contributed by atoms with Crippen LogP contribution >= 0.6 is 0 Å². The largest absolute Gasteiger partial charge is 0.458 e. The van der Waals surface area contributed by atoms with Gasteiger partial charge in [-0.2, -0.15) is 0 Å². The molecule has 0 bridgehead atoms. The second kappa shape index (κ2) is 7.61. The maximum absolute atomic E-state index is 14.6. The van der Waals surface area contributed by atoms with Crippen LogP contribution in [0.3, 0.4) is 0 Å². The summed E-state index contributed by atoms with van der Waals surface area (Å²) in [5.41, 5.74) is 2.13. The summed E-state index contributed by atoms with van der Waals surface area (Å²) in [5, 5.41) is 0. The Morgan fingerprint density at radius 3 is 2.11 bits per heavy atom. The molecule has 142 valence electrons. The van der Waals surface area contributed by atoms with Crippen LogP contribution in [0.4, 0.5) is 4.39 Å². The lowest BCUT2D eigenvalue weighted by molar-refractivity contribution is 0.00578. The third kappa shape index (κ3) is 4.33. The van der Waals surface area contributed by atoms with E-state index in [4.69, 9.17) is 9.31 Å². The summed E-state index contributed by atoms with van der Waals surface area (Å²) in [6.45, 7) is 10.2. The van der Waals surface area contributed by atoms with Gasteiger partial charge in [-0.1, -0.05) is 54.6 Å². The molecule has 4 heteroatoms. The topological polar surface area (TPSA) is 18.5 Å². The zero-order chi connectivity index (χ0) is 19.7. The molecule has 1 saturated heterocycles. The first-order valence-electron chi connectivity index (χ1n) is 9.53. The minimum absolute atomic E-state index is 0.138. The van der Waals surface area contributed by atoms with Gasteiger partial charge in [0.05, 0.1) is 11.2 Å². The molecular weight excluding hydrogens is 338 g/mol. The van der Waals surface area contributed by atoms with Gasteiger partial charge in [0.1, 0.15) is 5.82 Å². The molecule has 1 aliphatic rings. The Bertz CT molecular complexity index is 798. The van der Waals surface area contributed by atoms with Gasteiger partial charge in [0.25, 0.3) is 0 Å². The van der Waals surface area contributed by atoms with Crippen LogP contribution in [0, 0.1) is 5.82 Å². The molecule has 3 rings (SSSR count). The molecule has 0 spiro atoms. The summed E-state index contributed by atoms with van der Waals surface area (Å²) in [6, 6.07) is 17.1. The van der Waals surface area contributed by atoms with E-state index in [1.54, 1.807) is 6.07 Å². The first-order valence-corrected chi connectivity index (χ1v) is 9.53. The Labute approximate surface area is 162 Å². The van der Waals surface area contributed by atoms with Crippen molar-refractivity contribution in [2.45, 2.75) is 58.1 Å². The van der Waals surface area contributed by atoms with Crippen molar-refractivity contribution >= 4 is 12.7 Å². The summed E-state index contributed by atoms with van der Waals surface area (Å²) in [6.07, 6.45) is 2.69. The highest BCUT2D eigenvalue weighted by Crippen LogP contribution is 2.40. The van der Waals surface area contributed by atoms with Crippen LogP contribution in [0.2, 0.25) is 6.32 Å². The number of allylic oxidation sites excluding steroid dienone is 2. The van der Waals surface area contributed by atoms with Crippen molar-refractivity contribution in [1.29, 1.82) is 0 Å². The molecule has 27 heavy (non-hydrogen) atoms. The lowest BCUT2D eigenvalue weighted by Crippen LogP contribution is -2.41. The van der Waals surface area contributed by atoms with E-state index >= 15 is 0 Å². The Morgan fingerprint density at radius 1 is 0.963 bits per heavy atom. The van der Waals surface area contributed by atoms with E-state index < -0.39 is 11.2 Å². The summed E-state index contributed by atoms with van der Waals surface area (Å²) in [4.78, 5) is 0. The molecule has 2 aromatic rings. The van der Waals surface area contributed by atoms with Gasteiger partial charge in [-0.3, -0.25) is 0 Å². The van der Waals surface area contributed by atoms with E-state index in [2.05, 4.69) is 25.1 Å². The fraction of sp³-hybridized carbons (Fsp3) is 0.391. The average molecular weight is 366 g/mol. The molecule has 0 aliphatic carbocycles. The van der Waals surface area contributed by atoms with Gasteiger partial charge in [-0.25, -0.2) is 4.39 Å². The minimum Gasteiger partial charge on any atom is -0.403 e. The first-order chi connectivity index (χ1) is 12.7. The zero-order valence-corrected chi connectivity index (χ0v) is 16.8. The van der Waals surface area contributed by atoms with Crippen LogP contribution in [0.15, 0.2) is 60.7 Å². The fourth-order valence-corrected chi connectivity index (χ4v) is 3.43. The van der Waals surface area contributed by atoms with Crippen molar-refractivity contribution in [3.63, 3.8) is 0 Å². The van der Waals surface area contributed by atoms with Crippen molar-refractivity contribution in [1.82, 2.24) is 0 Å². The van der Waals surface area contributed by atoms with Gasteiger partial charge in [0.2, 0.25) is 0 Å².